The number of nitrogens with one attached hydrogen (secondary N) is 1. The lowest BCUT2D eigenvalue weighted by Gasteiger charge is -2.37. The summed E-state index contributed by atoms with van der Waals surface area (Å²) in [5.74, 6) is -0.137. The van der Waals surface area contributed by atoms with Crippen LogP contribution in [-0.4, -0.2) is 25.1 Å². The number of alkyl halides is 2. The van der Waals surface area contributed by atoms with Crippen molar-refractivity contribution in [1.29, 1.82) is 0 Å². The van der Waals surface area contributed by atoms with E-state index in [9.17, 15) is 5.11 Å². The van der Waals surface area contributed by atoms with Crippen LogP contribution in [0.15, 0.2) is 85.5 Å². The molecule has 5 rings (SSSR count). The Hall–Kier alpha value is -2.86. The predicted molar refractivity (Wildman–Crippen MR) is 127 cm³/mol. The maximum atomic E-state index is 12.1. The van der Waals surface area contributed by atoms with Crippen molar-refractivity contribution >= 4 is 28.9 Å². The van der Waals surface area contributed by atoms with E-state index in [2.05, 4.69) is 15.3 Å². The molecule has 0 saturated carbocycles. The van der Waals surface area contributed by atoms with Crippen LogP contribution in [0.4, 0.5) is 5.69 Å². The fourth-order valence-corrected chi connectivity index (χ4v) is 5.40. The van der Waals surface area contributed by atoms with E-state index in [-0.39, 0.29) is 16.8 Å². The molecule has 7 heteroatoms. The third-order valence-corrected chi connectivity index (χ3v) is 6.98. The molecule has 162 valence electrons. The molecule has 2 aromatic carbocycles. The first-order valence-corrected chi connectivity index (χ1v) is 11.2. The number of aromatic nitrogens is 3. The van der Waals surface area contributed by atoms with Crippen molar-refractivity contribution in [2.75, 3.05) is 5.32 Å². The summed E-state index contributed by atoms with van der Waals surface area (Å²) >= 11 is 13.7. The van der Waals surface area contributed by atoms with Gasteiger partial charge < -0.3 is 15.0 Å². The van der Waals surface area contributed by atoms with Gasteiger partial charge in [-0.1, -0.05) is 54.1 Å². The van der Waals surface area contributed by atoms with Gasteiger partial charge >= 0.3 is 0 Å². The Morgan fingerprint density at radius 3 is 2.50 bits per heavy atom. The highest BCUT2D eigenvalue weighted by molar-refractivity contribution is 6.26. The minimum Gasteiger partial charge on any atom is -0.373 e. The second-order valence-electron chi connectivity index (χ2n) is 8.00. The maximum absolute atomic E-state index is 12.1. The number of hydrogen-bond acceptors (Lipinski definition) is 4. The number of halogens is 2. The summed E-state index contributed by atoms with van der Waals surface area (Å²) in [4.78, 5) is 8.69. The lowest BCUT2D eigenvalue weighted by Crippen LogP contribution is -2.34. The summed E-state index contributed by atoms with van der Waals surface area (Å²) in [6, 6.07) is 21.2. The van der Waals surface area contributed by atoms with Gasteiger partial charge in [0.1, 0.15) is 5.50 Å². The van der Waals surface area contributed by atoms with E-state index in [0.717, 1.165) is 16.8 Å². The van der Waals surface area contributed by atoms with Crippen molar-refractivity contribution in [2.45, 2.75) is 22.4 Å². The summed E-state index contributed by atoms with van der Waals surface area (Å²) in [5.41, 5.74) is 2.71. The van der Waals surface area contributed by atoms with Crippen LogP contribution in [0.2, 0.25) is 0 Å². The Labute approximate surface area is 196 Å². The molecule has 2 aromatic heterocycles. The zero-order chi connectivity index (χ0) is 22.3. The highest BCUT2D eigenvalue weighted by Gasteiger charge is 2.41. The smallest absolute Gasteiger partial charge is 0.173 e. The van der Waals surface area contributed by atoms with Gasteiger partial charge in [0.25, 0.3) is 0 Å². The molecule has 0 fully saturated rings. The monoisotopic (exact) mass is 464 g/mol. The first kappa shape index (κ1) is 21.0. The molecule has 0 amide bonds. The number of imidazole rings is 1. The van der Waals surface area contributed by atoms with Crippen molar-refractivity contribution in [3.05, 3.63) is 114 Å². The van der Waals surface area contributed by atoms with Crippen LogP contribution in [0.3, 0.4) is 0 Å². The van der Waals surface area contributed by atoms with Gasteiger partial charge in [0.2, 0.25) is 0 Å². The number of aryl methyl sites for hydroxylation is 1. The van der Waals surface area contributed by atoms with Crippen LogP contribution in [0, 0.1) is 0 Å². The van der Waals surface area contributed by atoms with Crippen LogP contribution >= 0.6 is 23.2 Å². The Morgan fingerprint density at radius 2 is 1.81 bits per heavy atom. The molecule has 4 unspecified atom stereocenters. The molecule has 0 radical (unpaired) electrons. The molecule has 1 aliphatic rings. The van der Waals surface area contributed by atoms with Gasteiger partial charge in [-0.3, -0.25) is 4.98 Å². The van der Waals surface area contributed by atoms with Crippen LogP contribution < -0.4 is 5.32 Å². The van der Waals surface area contributed by atoms with Gasteiger partial charge in [-0.2, -0.15) is 0 Å². The SMILES string of the molecule is Cn1cncc1C(O)(c1ccc2c(c1)C(Cl)C(c1ccccc1)C(Cl)N2)c1ccccn1. The largest absolute Gasteiger partial charge is 0.373 e. The van der Waals surface area contributed by atoms with Crippen molar-refractivity contribution in [1.82, 2.24) is 14.5 Å². The number of anilines is 1. The molecular weight excluding hydrogens is 443 g/mol. The van der Waals surface area contributed by atoms with Gasteiger partial charge in [-0.25, -0.2) is 4.98 Å². The molecule has 0 bridgehead atoms. The second kappa shape index (κ2) is 8.24. The number of rotatable bonds is 4. The van der Waals surface area contributed by atoms with Gasteiger partial charge in [0.05, 0.1) is 29.3 Å². The quantitative estimate of drug-likeness (QED) is 0.323. The van der Waals surface area contributed by atoms with Crippen LogP contribution in [-0.2, 0) is 12.6 Å². The number of nitrogens with zero attached hydrogens (tertiary/aromatic N) is 3. The average Bonchev–Trinajstić information content (AvgIpc) is 3.26. The molecule has 4 atom stereocenters. The fraction of sp³-hybridized carbons (Fsp3) is 0.200. The summed E-state index contributed by atoms with van der Waals surface area (Å²) in [6.45, 7) is 0. The van der Waals surface area contributed by atoms with E-state index < -0.39 is 5.60 Å². The molecule has 5 nitrogen and oxygen atoms in total. The molecule has 32 heavy (non-hydrogen) atoms. The van der Waals surface area contributed by atoms with Crippen molar-refractivity contribution < 1.29 is 5.11 Å². The van der Waals surface area contributed by atoms with Crippen LogP contribution in [0.25, 0.3) is 0 Å². The van der Waals surface area contributed by atoms with Gasteiger partial charge in [0, 0.05) is 24.8 Å². The average molecular weight is 465 g/mol. The number of benzene rings is 2. The van der Waals surface area contributed by atoms with Crippen molar-refractivity contribution in [3.8, 4) is 0 Å². The molecule has 0 spiro atoms. The first-order valence-electron chi connectivity index (χ1n) is 10.3. The molecule has 4 aromatic rings. The molecule has 0 aliphatic carbocycles. The Bertz CT molecular complexity index is 1230. The lowest BCUT2D eigenvalue weighted by atomic mass is 9.82. The topological polar surface area (TPSA) is 63.0 Å². The van der Waals surface area contributed by atoms with E-state index >= 15 is 0 Å². The number of fused-ring (bicyclic) bond motifs is 1. The summed E-state index contributed by atoms with van der Waals surface area (Å²) in [6.07, 6.45) is 4.99. The van der Waals surface area contributed by atoms with Crippen LogP contribution in [0.1, 0.15) is 39.4 Å². The van der Waals surface area contributed by atoms with Crippen LogP contribution in [0.5, 0.6) is 0 Å². The minimum atomic E-state index is -1.50. The maximum Gasteiger partial charge on any atom is 0.173 e. The van der Waals surface area contributed by atoms with Crippen molar-refractivity contribution in [3.63, 3.8) is 0 Å². The molecule has 3 heterocycles. The number of hydrogen-bond donors (Lipinski definition) is 2. The molecule has 0 saturated heterocycles. The molecule has 1 aliphatic heterocycles. The predicted octanol–water partition coefficient (Wildman–Crippen LogP) is 5.15. The fourth-order valence-electron chi connectivity index (χ4n) is 4.45. The standard InChI is InChI=1S/C25H22Cl2N4O/c1-31-15-28-14-21(31)25(32,20-9-5-6-12-29-20)17-10-11-19-18(13-17)23(26)22(24(27)30-19)16-7-3-2-4-8-16/h2-15,22-24,30,32H,1H3. The summed E-state index contributed by atoms with van der Waals surface area (Å²) < 4.78 is 1.80. The van der Waals surface area contributed by atoms with E-state index in [1.807, 2.05) is 73.8 Å². The van der Waals surface area contributed by atoms with E-state index in [1.165, 1.54) is 0 Å². The van der Waals surface area contributed by atoms with Gasteiger partial charge in [-0.05, 0) is 41.0 Å². The second-order valence-corrected chi connectivity index (χ2v) is 8.94. The Kier molecular flexibility index (Phi) is 5.41. The van der Waals surface area contributed by atoms with Crippen molar-refractivity contribution in [2.24, 2.45) is 7.05 Å². The van der Waals surface area contributed by atoms with E-state index in [1.54, 1.807) is 23.3 Å². The summed E-state index contributed by atoms with van der Waals surface area (Å²) in [7, 11) is 1.85. The zero-order valence-electron chi connectivity index (χ0n) is 17.4. The first-order chi connectivity index (χ1) is 15.5. The zero-order valence-corrected chi connectivity index (χ0v) is 18.9. The Balaban J connectivity index is 1.66. The van der Waals surface area contributed by atoms with Gasteiger partial charge in [0.15, 0.2) is 5.60 Å². The highest BCUT2D eigenvalue weighted by Crippen LogP contribution is 2.49. The minimum absolute atomic E-state index is 0.137. The van der Waals surface area contributed by atoms with Gasteiger partial charge in [-0.15, -0.1) is 11.6 Å². The normalized spacial score (nSPS) is 21.9. The molecule has 2 N–H and O–H groups in total. The third-order valence-electron chi connectivity index (χ3n) is 6.10. The highest BCUT2D eigenvalue weighted by atomic mass is 35.5. The summed E-state index contributed by atoms with van der Waals surface area (Å²) in [5, 5.41) is 15.1. The molecular formula is C25H22Cl2N4O. The van der Waals surface area contributed by atoms with E-state index in [0.29, 0.717) is 17.0 Å². The Morgan fingerprint density at radius 1 is 1.03 bits per heavy atom. The number of aliphatic hydroxyl groups is 1. The van der Waals surface area contributed by atoms with E-state index in [4.69, 9.17) is 23.2 Å². The lowest BCUT2D eigenvalue weighted by molar-refractivity contribution is 0.112. The third kappa shape index (κ3) is 3.37. The number of pyridine rings is 1.